The van der Waals surface area contributed by atoms with Gasteiger partial charge in [0.2, 0.25) is 0 Å². The normalized spacial score (nSPS) is 11.0. The second-order valence-electron chi connectivity index (χ2n) is 9.57. The van der Waals surface area contributed by atoms with Crippen LogP contribution in [0.4, 0.5) is 0 Å². The van der Waals surface area contributed by atoms with Gasteiger partial charge >= 0.3 is 5.69 Å². The zero-order valence-corrected chi connectivity index (χ0v) is 23.0. The van der Waals surface area contributed by atoms with Gasteiger partial charge in [-0.15, -0.1) is 0 Å². The van der Waals surface area contributed by atoms with E-state index in [4.69, 9.17) is 9.47 Å². The smallest absolute Gasteiger partial charge is 0.332 e. The number of carbonyl (C=O) groups excluding carboxylic acids is 1. The van der Waals surface area contributed by atoms with Crippen molar-refractivity contribution >= 4 is 16.8 Å². The van der Waals surface area contributed by atoms with E-state index in [1.54, 1.807) is 41.0 Å². The zero-order chi connectivity index (χ0) is 27.9. The average Bonchev–Trinajstić information content (AvgIpc) is 2.96. The van der Waals surface area contributed by atoms with Crippen LogP contribution in [0.25, 0.3) is 10.9 Å². The highest BCUT2D eigenvalue weighted by atomic mass is 16.5. The average molecular weight is 530 g/mol. The van der Waals surface area contributed by atoms with E-state index in [0.29, 0.717) is 34.5 Å². The minimum Gasteiger partial charge on any atom is -0.493 e. The number of unbranched alkanes of at least 4 members (excludes halogenated alkanes) is 2. The Morgan fingerprint density at radius 1 is 0.872 bits per heavy atom. The molecule has 8 nitrogen and oxygen atoms in total. The highest BCUT2D eigenvalue weighted by molar-refractivity contribution is 5.94. The maximum atomic E-state index is 13.8. The Morgan fingerprint density at radius 2 is 1.56 bits per heavy atom. The van der Waals surface area contributed by atoms with Gasteiger partial charge in [-0.05, 0) is 48.2 Å². The summed E-state index contributed by atoms with van der Waals surface area (Å²) in [6, 6.07) is 18.1. The number of fused-ring (bicyclic) bond motifs is 1. The third kappa shape index (κ3) is 6.06. The summed E-state index contributed by atoms with van der Waals surface area (Å²) in [6.45, 7) is 5.09. The molecule has 0 fully saturated rings. The Labute approximate surface area is 227 Å². The lowest BCUT2D eigenvalue weighted by Gasteiger charge is -2.17. The lowest BCUT2D eigenvalue weighted by Crippen LogP contribution is -2.40. The first kappa shape index (κ1) is 27.7. The van der Waals surface area contributed by atoms with Gasteiger partial charge in [0.1, 0.15) is 0 Å². The van der Waals surface area contributed by atoms with Crippen LogP contribution in [0, 0.1) is 6.92 Å². The number of nitrogens with zero attached hydrogens (tertiary/aromatic N) is 2. The number of benzene rings is 3. The van der Waals surface area contributed by atoms with Gasteiger partial charge in [0.05, 0.1) is 38.2 Å². The van der Waals surface area contributed by atoms with Gasteiger partial charge in [0.25, 0.3) is 11.5 Å². The van der Waals surface area contributed by atoms with Crippen LogP contribution >= 0.6 is 0 Å². The SMILES string of the molecule is CCCCCNC(=O)c1ccc(Cn2c(=O)c3cc(OC)c(OC)cc3n(Cc3ccccc3C)c2=O)cc1. The number of aromatic nitrogens is 2. The van der Waals surface area contributed by atoms with Gasteiger partial charge < -0.3 is 14.8 Å². The first-order chi connectivity index (χ1) is 18.9. The molecule has 0 radical (unpaired) electrons. The molecular weight excluding hydrogens is 494 g/mol. The summed E-state index contributed by atoms with van der Waals surface area (Å²) >= 11 is 0. The largest absolute Gasteiger partial charge is 0.493 e. The first-order valence-corrected chi connectivity index (χ1v) is 13.2. The summed E-state index contributed by atoms with van der Waals surface area (Å²) in [7, 11) is 3.02. The lowest BCUT2D eigenvalue weighted by molar-refractivity contribution is 0.0953. The second kappa shape index (κ2) is 12.5. The van der Waals surface area contributed by atoms with Crippen molar-refractivity contribution in [2.24, 2.45) is 0 Å². The van der Waals surface area contributed by atoms with Crippen LogP contribution in [0.2, 0.25) is 0 Å². The Hall–Kier alpha value is -4.33. The van der Waals surface area contributed by atoms with Crippen molar-refractivity contribution < 1.29 is 14.3 Å². The maximum Gasteiger partial charge on any atom is 0.332 e. The molecule has 39 heavy (non-hydrogen) atoms. The summed E-state index contributed by atoms with van der Waals surface area (Å²) < 4.78 is 13.7. The molecule has 0 aliphatic rings. The van der Waals surface area contributed by atoms with E-state index >= 15 is 0 Å². The maximum absolute atomic E-state index is 13.8. The molecule has 0 saturated carbocycles. The van der Waals surface area contributed by atoms with E-state index in [1.165, 1.54) is 18.8 Å². The second-order valence-corrected chi connectivity index (χ2v) is 9.57. The van der Waals surface area contributed by atoms with Crippen LogP contribution in [0.3, 0.4) is 0 Å². The molecule has 1 N–H and O–H groups in total. The number of hydrogen-bond donors (Lipinski definition) is 1. The molecule has 8 heteroatoms. The van der Waals surface area contributed by atoms with Crippen molar-refractivity contribution in [3.05, 3.63) is 104 Å². The minimum atomic E-state index is -0.430. The molecular formula is C31H35N3O5. The molecule has 0 unspecified atom stereocenters. The van der Waals surface area contributed by atoms with Gasteiger partial charge in [-0.2, -0.15) is 0 Å². The van der Waals surface area contributed by atoms with E-state index in [0.717, 1.165) is 36.0 Å². The van der Waals surface area contributed by atoms with Gasteiger partial charge in [0, 0.05) is 18.2 Å². The van der Waals surface area contributed by atoms with Crippen LogP contribution < -0.4 is 26.0 Å². The third-order valence-corrected chi connectivity index (χ3v) is 6.94. The molecule has 0 aliphatic carbocycles. The molecule has 1 aromatic heterocycles. The minimum absolute atomic E-state index is 0.0636. The molecule has 0 bridgehead atoms. The summed E-state index contributed by atoms with van der Waals surface area (Å²) in [5, 5.41) is 3.28. The molecule has 0 saturated heterocycles. The van der Waals surface area contributed by atoms with Gasteiger partial charge in [0.15, 0.2) is 11.5 Å². The van der Waals surface area contributed by atoms with Gasteiger partial charge in [-0.1, -0.05) is 56.2 Å². The standard InChI is InChI=1S/C31H35N3O5/c1-5-6-9-16-32-29(35)23-14-12-22(13-15-23)19-34-30(36)25-17-27(38-3)28(39-4)18-26(25)33(31(34)37)20-24-11-8-7-10-21(24)2/h7-8,10-15,17-18H,5-6,9,16,19-20H2,1-4H3,(H,32,35). The Bertz CT molecular complexity index is 1590. The lowest BCUT2D eigenvalue weighted by atomic mass is 10.1. The Balaban J connectivity index is 1.75. The van der Waals surface area contributed by atoms with Crippen LogP contribution in [-0.2, 0) is 13.1 Å². The predicted molar refractivity (Wildman–Crippen MR) is 153 cm³/mol. The topological polar surface area (TPSA) is 91.6 Å². The number of carbonyl (C=O) groups is 1. The number of amides is 1. The van der Waals surface area contributed by atoms with Crippen molar-refractivity contribution in [2.75, 3.05) is 20.8 Å². The third-order valence-electron chi connectivity index (χ3n) is 6.94. The van der Waals surface area contributed by atoms with Crippen LogP contribution in [0.1, 0.15) is 53.2 Å². The van der Waals surface area contributed by atoms with Crippen molar-refractivity contribution in [2.45, 2.75) is 46.2 Å². The monoisotopic (exact) mass is 529 g/mol. The molecule has 204 valence electrons. The summed E-state index contributed by atoms with van der Waals surface area (Å²) in [6.07, 6.45) is 3.10. The number of ether oxygens (including phenoxy) is 2. The predicted octanol–water partition coefficient (Wildman–Crippen LogP) is 4.51. The molecule has 0 spiro atoms. The highest BCUT2D eigenvalue weighted by Crippen LogP contribution is 2.30. The Morgan fingerprint density at radius 3 is 2.23 bits per heavy atom. The van der Waals surface area contributed by atoms with Crippen LogP contribution in [0.15, 0.2) is 70.3 Å². The molecule has 0 aliphatic heterocycles. The molecule has 0 atom stereocenters. The van der Waals surface area contributed by atoms with E-state index < -0.39 is 11.2 Å². The Kier molecular flexibility index (Phi) is 8.86. The number of hydrogen-bond acceptors (Lipinski definition) is 5. The van der Waals surface area contributed by atoms with E-state index in [9.17, 15) is 14.4 Å². The fraction of sp³-hybridized carbons (Fsp3) is 0.323. The summed E-state index contributed by atoms with van der Waals surface area (Å²) in [5.74, 6) is 0.704. The zero-order valence-electron chi connectivity index (χ0n) is 23.0. The summed E-state index contributed by atoms with van der Waals surface area (Å²) in [4.78, 5) is 39.9. The highest BCUT2D eigenvalue weighted by Gasteiger charge is 2.18. The van der Waals surface area contributed by atoms with Crippen molar-refractivity contribution in [3.63, 3.8) is 0 Å². The molecule has 1 amide bonds. The van der Waals surface area contributed by atoms with E-state index in [1.807, 2.05) is 31.2 Å². The fourth-order valence-corrected chi connectivity index (χ4v) is 4.62. The number of rotatable bonds is 11. The number of nitrogens with one attached hydrogen (secondary N) is 1. The van der Waals surface area contributed by atoms with Crippen molar-refractivity contribution in [1.82, 2.24) is 14.5 Å². The quantitative estimate of drug-likeness (QED) is 0.289. The fourth-order valence-electron chi connectivity index (χ4n) is 4.62. The molecule has 4 rings (SSSR count). The van der Waals surface area contributed by atoms with Crippen LogP contribution in [0.5, 0.6) is 11.5 Å². The molecule has 1 heterocycles. The first-order valence-electron chi connectivity index (χ1n) is 13.2. The molecule has 3 aromatic carbocycles. The molecule has 4 aromatic rings. The number of methoxy groups -OCH3 is 2. The van der Waals surface area contributed by atoms with Crippen LogP contribution in [-0.4, -0.2) is 35.8 Å². The van der Waals surface area contributed by atoms with Gasteiger partial charge in [-0.3, -0.25) is 18.7 Å². The number of aryl methyl sites for hydroxylation is 1. The van der Waals surface area contributed by atoms with Crippen molar-refractivity contribution in [1.29, 1.82) is 0 Å². The van der Waals surface area contributed by atoms with E-state index in [-0.39, 0.29) is 19.0 Å². The van der Waals surface area contributed by atoms with Gasteiger partial charge in [-0.25, -0.2) is 4.79 Å². The summed E-state index contributed by atoms with van der Waals surface area (Å²) in [5.41, 5.74) is 2.90. The van der Waals surface area contributed by atoms with E-state index in [2.05, 4.69) is 12.2 Å². The van der Waals surface area contributed by atoms with Crippen molar-refractivity contribution in [3.8, 4) is 11.5 Å².